The summed E-state index contributed by atoms with van der Waals surface area (Å²) >= 11 is 0. The van der Waals surface area contributed by atoms with Crippen LogP contribution in [0.4, 0.5) is 5.69 Å². The summed E-state index contributed by atoms with van der Waals surface area (Å²) in [4.78, 5) is 22.4. The second kappa shape index (κ2) is 6.58. The minimum absolute atomic E-state index is 0.0184. The Morgan fingerprint density at radius 1 is 1.06 bits per heavy atom. The van der Waals surface area contributed by atoms with Gasteiger partial charge in [0, 0.05) is 5.69 Å². The van der Waals surface area contributed by atoms with Crippen LogP contribution in [0.15, 0.2) is 30.3 Å². The Bertz CT molecular complexity index is 352. The zero-order valence-electron chi connectivity index (χ0n) is 9.12. The predicted molar refractivity (Wildman–Crippen MR) is 62.0 cm³/mol. The number of hydrogen-bond acceptors (Lipinski definition) is 3. The number of para-hydroxylation sites is 1. The Labute approximate surface area is 94.2 Å². The quantitative estimate of drug-likeness (QED) is 0.653. The fourth-order valence-corrected chi connectivity index (χ4v) is 1.13. The monoisotopic (exact) mass is 221 g/mol. The first-order chi connectivity index (χ1) is 7.72. The van der Waals surface area contributed by atoms with Gasteiger partial charge in [0.25, 0.3) is 0 Å². The van der Waals surface area contributed by atoms with Crippen molar-refractivity contribution >= 4 is 17.5 Å². The molecule has 0 bridgehead atoms. The summed E-state index contributed by atoms with van der Waals surface area (Å²) in [5.41, 5.74) is 0.718. The van der Waals surface area contributed by atoms with Crippen molar-refractivity contribution in [1.29, 1.82) is 0 Å². The first-order valence-electron chi connectivity index (χ1n) is 4.98. The average Bonchev–Trinajstić information content (AvgIpc) is 2.28. The van der Waals surface area contributed by atoms with Crippen LogP contribution in [-0.4, -0.2) is 32.0 Å². The molecule has 0 radical (unpaired) electrons. The molecule has 0 atom stereocenters. The molecule has 5 nitrogen and oxygen atoms in total. The third-order valence-corrected chi connectivity index (χ3v) is 1.84. The van der Waals surface area contributed by atoms with Crippen molar-refractivity contribution in [3.63, 3.8) is 0 Å². The molecule has 1 aromatic carbocycles. The Hall–Kier alpha value is -1.88. The summed E-state index contributed by atoms with van der Waals surface area (Å²) in [5.74, 6) is -0.443. The fourth-order valence-electron chi connectivity index (χ4n) is 1.13. The van der Waals surface area contributed by atoms with E-state index in [1.807, 2.05) is 18.2 Å². The van der Waals surface area contributed by atoms with Crippen molar-refractivity contribution in [3.8, 4) is 0 Å². The largest absolute Gasteiger partial charge is 0.346 e. The maximum atomic E-state index is 11.4. The van der Waals surface area contributed by atoms with Gasteiger partial charge in [0.15, 0.2) is 0 Å². The minimum atomic E-state index is -0.240. The Kier molecular flexibility index (Phi) is 5.01. The van der Waals surface area contributed by atoms with Gasteiger partial charge in [-0.25, -0.2) is 0 Å². The van der Waals surface area contributed by atoms with E-state index in [-0.39, 0.29) is 24.9 Å². The second-order valence-electron chi connectivity index (χ2n) is 3.22. The third kappa shape index (κ3) is 4.56. The van der Waals surface area contributed by atoms with Gasteiger partial charge in [0.2, 0.25) is 11.8 Å². The van der Waals surface area contributed by atoms with Gasteiger partial charge in [-0.3, -0.25) is 9.59 Å². The summed E-state index contributed by atoms with van der Waals surface area (Å²) < 4.78 is 0. The highest BCUT2D eigenvalue weighted by atomic mass is 16.2. The smallest absolute Gasteiger partial charge is 0.243 e. The molecule has 0 unspecified atom stereocenters. The van der Waals surface area contributed by atoms with Gasteiger partial charge in [-0.1, -0.05) is 18.2 Å². The van der Waals surface area contributed by atoms with E-state index < -0.39 is 0 Å². The average molecular weight is 221 g/mol. The maximum absolute atomic E-state index is 11.4. The SMILES string of the molecule is CNCC(=O)NCC(=O)Nc1ccccc1. The topological polar surface area (TPSA) is 70.2 Å². The van der Waals surface area contributed by atoms with Gasteiger partial charge in [-0.05, 0) is 19.2 Å². The van der Waals surface area contributed by atoms with Gasteiger partial charge in [0.1, 0.15) is 0 Å². The number of carbonyl (C=O) groups is 2. The molecule has 0 saturated heterocycles. The molecule has 0 aliphatic rings. The van der Waals surface area contributed by atoms with Crippen LogP contribution in [0.25, 0.3) is 0 Å². The lowest BCUT2D eigenvalue weighted by Crippen LogP contribution is -2.37. The number of amides is 2. The molecule has 1 rings (SSSR count). The summed E-state index contributed by atoms with van der Waals surface area (Å²) in [6.45, 7) is 0.189. The molecule has 3 N–H and O–H groups in total. The molecular formula is C11H15N3O2. The van der Waals surface area contributed by atoms with Crippen molar-refractivity contribution < 1.29 is 9.59 Å². The number of anilines is 1. The zero-order chi connectivity index (χ0) is 11.8. The van der Waals surface area contributed by atoms with E-state index in [2.05, 4.69) is 16.0 Å². The molecule has 0 fully saturated rings. The number of hydrogen-bond donors (Lipinski definition) is 3. The van der Waals surface area contributed by atoms with E-state index in [4.69, 9.17) is 0 Å². The highest BCUT2D eigenvalue weighted by Crippen LogP contribution is 2.03. The van der Waals surface area contributed by atoms with Gasteiger partial charge in [-0.2, -0.15) is 0 Å². The lowest BCUT2D eigenvalue weighted by Gasteiger charge is -2.06. The fraction of sp³-hybridized carbons (Fsp3) is 0.273. The predicted octanol–water partition coefficient (Wildman–Crippen LogP) is -0.0393. The molecule has 5 heteroatoms. The summed E-state index contributed by atoms with van der Waals surface area (Å²) in [6.07, 6.45) is 0. The first-order valence-corrected chi connectivity index (χ1v) is 4.98. The lowest BCUT2D eigenvalue weighted by molar-refractivity contribution is -0.123. The summed E-state index contributed by atoms with van der Waals surface area (Å²) in [5, 5.41) is 7.85. The van der Waals surface area contributed by atoms with E-state index in [0.717, 1.165) is 5.69 Å². The number of benzene rings is 1. The Morgan fingerprint density at radius 2 is 1.75 bits per heavy atom. The number of nitrogens with one attached hydrogen (secondary N) is 3. The van der Waals surface area contributed by atoms with E-state index >= 15 is 0 Å². The first kappa shape index (κ1) is 12.2. The van der Waals surface area contributed by atoms with Crippen LogP contribution in [0.2, 0.25) is 0 Å². The number of carbonyl (C=O) groups excluding carboxylic acids is 2. The van der Waals surface area contributed by atoms with Crippen LogP contribution in [0, 0.1) is 0 Å². The normalized spacial score (nSPS) is 9.56. The van der Waals surface area contributed by atoms with E-state index in [0.29, 0.717) is 0 Å². The van der Waals surface area contributed by atoms with Crippen LogP contribution < -0.4 is 16.0 Å². The van der Waals surface area contributed by atoms with Crippen LogP contribution >= 0.6 is 0 Å². The molecule has 0 saturated carbocycles. The van der Waals surface area contributed by atoms with Gasteiger partial charge in [0.05, 0.1) is 13.1 Å². The van der Waals surface area contributed by atoms with Crippen LogP contribution in [0.1, 0.15) is 0 Å². The van der Waals surface area contributed by atoms with Crippen molar-refractivity contribution in [3.05, 3.63) is 30.3 Å². The van der Waals surface area contributed by atoms with Gasteiger partial charge < -0.3 is 16.0 Å². The Balaban J connectivity index is 2.29. The van der Waals surface area contributed by atoms with Crippen LogP contribution in [-0.2, 0) is 9.59 Å². The molecule has 16 heavy (non-hydrogen) atoms. The second-order valence-corrected chi connectivity index (χ2v) is 3.22. The van der Waals surface area contributed by atoms with Crippen LogP contribution in [0.3, 0.4) is 0 Å². The van der Waals surface area contributed by atoms with Crippen molar-refractivity contribution in [2.75, 3.05) is 25.5 Å². The summed E-state index contributed by atoms with van der Waals surface area (Å²) in [7, 11) is 1.67. The minimum Gasteiger partial charge on any atom is -0.346 e. The van der Waals surface area contributed by atoms with Gasteiger partial charge >= 0.3 is 0 Å². The van der Waals surface area contributed by atoms with Crippen molar-refractivity contribution in [2.24, 2.45) is 0 Å². The van der Waals surface area contributed by atoms with E-state index in [1.165, 1.54) is 0 Å². The highest BCUT2D eigenvalue weighted by molar-refractivity contribution is 5.94. The summed E-state index contributed by atoms with van der Waals surface area (Å²) in [6, 6.07) is 9.09. The molecule has 0 spiro atoms. The third-order valence-electron chi connectivity index (χ3n) is 1.84. The lowest BCUT2D eigenvalue weighted by atomic mass is 10.3. The van der Waals surface area contributed by atoms with Crippen molar-refractivity contribution in [1.82, 2.24) is 10.6 Å². The molecule has 0 heterocycles. The number of likely N-dealkylation sites (N-methyl/N-ethyl adjacent to an activating group) is 1. The van der Waals surface area contributed by atoms with Crippen molar-refractivity contribution in [2.45, 2.75) is 0 Å². The molecule has 2 amide bonds. The highest BCUT2D eigenvalue weighted by Gasteiger charge is 2.04. The van der Waals surface area contributed by atoms with E-state index in [1.54, 1.807) is 19.2 Å². The van der Waals surface area contributed by atoms with Gasteiger partial charge in [-0.15, -0.1) is 0 Å². The standard InChI is InChI=1S/C11H15N3O2/c1-12-7-10(15)13-8-11(16)14-9-5-3-2-4-6-9/h2-6,12H,7-8H2,1H3,(H,13,15)(H,14,16). The maximum Gasteiger partial charge on any atom is 0.243 e. The molecule has 0 aliphatic carbocycles. The molecule has 1 aromatic rings. The molecular weight excluding hydrogens is 206 g/mol. The van der Waals surface area contributed by atoms with E-state index in [9.17, 15) is 9.59 Å². The Morgan fingerprint density at radius 3 is 2.38 bits per heavy atom. The molecule has 0 aromatic heterocycles. The number of rotatable bonds is 5. The molecule has 86 valence electrons. The zero-order valence-corrected chi connectivity index (χ0v) is 9.12. The molecule has 0 aliphatic heterocycles. The van der Waals surface area contributed by atoms with Crippen LogP contribution in [0.5, 0.6) is 0 Å².